The van der Waals surface area contributed by atoms with Crippen molar-refractivity contribution in [2.24, 2.45) is 0 Å². The number of benzene rings is 1. The molecule has 1 aromatic rings. The number of allylic oxidation sites excluding steroid dienone is 1. The van der Waals surface area contributed by atoms with Gasteiger partial charge in [-0.15, -0.1) is 6.58 Å². The van der Waals surface area contributed by atoms with Crippen LogP contribution < -0.4 is 4.74 Å². The molecule has 0 fully saturated rings. The zero-order valence-corrected chi connectivity index (χ0v) is 10.8. The normalized spacial score (nSPS) is 11.0. The monoisotopic (exact) mass is 232 g/mol. The Balaban J connectivity index is 2.67. The Morgan fingerprint density at radius 2 is 1.88 bits per heavy atom. The first kappa shape index (κ1) is 13.5. The predicted molar refractivity (Wildman–Crippen MR) is 70.6 cm³/mol. The molecule has 0 aliphatic heterocycles. The number of ether oxygens (including phenoxy) is 1. The third-order valence-corrected chi connectivity index (χ3v) is 2.18. The summed E-state index contributed by atoms with van der Waals surface area (Å²) in [6.45, 7) is 9.60. The lowest BCUT2D eigenvalue weighted by Crippen LogP contribution is -2.22. The summed E-state index contributed by atoms with van der Waals surface area (Å²) in [7, 11) is 0. The number of carbonyl (C=O) groups excluding carboxylic acids is 1. The molecule has 2 heteroatoms. The third kappa shape index (κ3) is 4.85. The average molecular weight is 232 g/mol. The van der Waals surface area contributed by atoms with Crippen LogP contribution in [0.15, 0.2) is 36.9 Å². The van der Waals surface area contributed by atoms with Gasteiger partial charge in [0.05, 0.1) is 0 Å². The van der Waals surface area contributed by atoms with Crippen molar-refractivity contribution in [2.45, 2.75) is 39.2 Å². The number of rotatable bonds is 5. The molecule has 0 saturated heterocycles. The molecule has 0 aliphatic rings. The summed E-state index contributed by atoms with van der Waals surface area (Å²) in [5.41, 5.74) is 0.516. The Hall–Kier alpha value is -1.57. The van der Waals surface area contributed by atoms with E-state index in [9.17, 15) is 4.79 Å². The fourth-order valence-electron chi connectivity index (χ4n) is 1.44. The Morgan fingerprint density at radius 3 is 2.35 bits per heavy atom. The highest BCUT2D eigenvalue weighted by molar-refractivity contribution is 5.96. The Bertz CT molecular complexity index is 382. The van der Waals surface area contributed by atoms with Gasteiger partial charge in [0, 0.05) is 12.0 Å². The molecule has 0 amide bonds. The van der Waals surface area contributed by atoms with Crippen LogP contribution in [0, 0.1) is 0 Å². The molecule has 0 bridgehead atoms. The minimum Gasteiger partial charge on any atom is -0.488 e. The van der Waals surface area contributed by atoms with E-state index in [0.29, 0.717) is 6.42 Å². The van der Waals surface area contributed by atoms with Crippen molar-refractivity contribution < 1.29 is 9.53 Å². The van der Waals surface area contributed by atoms with Crippen molar-refractivity contribution >= 4 is 5.78 Å². The molecule has 1 rings (SSSR count). The van der Waals surface area contributed by atoms with Crippen LogP contribution in [0.4, 0.5) is 0 Å². The first-order valence-electron chi connectivity index (χ1n) is 5.85. The molecule has 0 atom stereocenters. The second-order valence-corrected chi connectivity index (χ2v) is 4.99. The molecule has 0 radical (unpaired) electrons. The topological polar surface area (TPSA) is 26.3 Å². The summed E-state index contributed by atoms with van der Waals surface area (Å²) in [6, 6.07) is 7.30. The molecular weight excluding hydrogens is 212 g/mol. The lowest BCUT2D eigenvalue weighted by Gasteiger charge is -2.21. The molecule has 0 spiro atoms. The van der Waals surface area contributed by atoms with Gasteiger partial charge in [0.1, 0.15) is 11.4 Å². The number of ketones is 1. The van der Waals surface area contributed by atoms with E-state index in [1.165, 1.54) is 0 Å². The minimum absolute atomic E-state index is 0.146. The van der Waals surface area contributed by atoms with Gasteiger partial charge >= 0.3 is 0 Å². The van der Waals surface area contributed by atoms with Crippen LogP contribution >= 0.6 is 0 Å². The van der Waals surface area contributed by atoms with Gasteiger partial charge in [-0.25, -0.2) is 0 Å². The Kier molecular flexibility index (Phi) is 4.50. The number of carbonyl (C=O) groups is 1. The minimum atomic E-state index is -0.214. The predicted octanol–water partition coefficient (Wildman–Crippen LogP) is 4.01. The van der Waals surface area contributed by atoms with Crippen LogP contribution in [0.3, 0.4) is 0 Å². The fourth-order valence-corrected chi connectivity index (χ4v) is 1.44. The summed E-state index contributed by atoms with van der Waals surface area (Å²) < 4.78 is 5.69. The standard InChI is InChI=1S/C15H20O2/c1-5-6-7-14(16)12-8-10-13(11-9-12)17-15(2,3)4/h5,8-11H,1,6-7H2,2-4H3. The first-order valence-corrected chi connectivity index (χ1v) is 5.85. The maximum Gasteiger partial charge on any atom is 0.163 e. The van der Waals surface area contributed by atoms with Crippen molar-refractivity contribution in [2.75, 3.05) is 0 Å². The van der Waals surface area contributed by atoms with Crippen molar-refractivity contribution in [1.82, 2.24) is 0 Å². The van der Waals surface area contributed by atoms with Gasteiger partial charge in [-0.1, -0.05) is 6.08 Å². The van der Waals surface area contributed by atoms with E-state index >= 15 is 0 Å². The van der Waals surface area contributed by atoms with Crippen LogP contribution in [-0.4, -0.2) is 11.4 Å². The lowest BCUT2D eigenvalue weighted by atomic mass is 10.1. The quantitative estimate of drug-likeness (QED) is 0.566. The highest BCUT2D eigenvalue weighted by Crippen LogP contribution is 2.19. The van der Waals surface area contributed by atoms with Gasteiger partial charge in [-0.3, -0.25) is 4.79 Å². The Labute approximate surface area is 103 Å². The maximum atomic E-state index is 11.7. The van der Waals surface area contributed by atoms with E-state index in [0.717, 1.165) is 17.7 Å². The highest BCUT2D eigenvalue weighted by Gasteiger charge is 2.12. The van der Waals surface area contributed by atoms with E-state index in [4.69, 9.17) is 4.74 Å². The van der Waals surface area contributed by atoms with Crippen LogP contribution in [0.5, 0.6) is 5.75 Å². The average Bonchev–Trinajstić information content (AvgIpc) is 2.24. The summed E-state index contributed by atoms with van der Waals surface area (Å²) in [5, 5.41) is 0. The largest absolute Gasteiger partial charge is 0.488 e. The summed E-state index contributed by atoms with van der Waals surface area (Å²) in [4.78, 5) is 11.7. The molecule has 2 nitrogen and oxygen atoms in total. The third-order valence-electron chi connectivity index (χ3n) is 2.18. The molecule has 1 aromatic carbocycles. The van der Waals surface area contributed by atoms with Crippen molar-refractivity contribution in [1.29, 1.82) is 0 Å². The van der Waals surface area contributed by atoms with Gasteiger partial charge in [0.2, 0.25) is 0 Å². The highest BCUT2D eigenvalue weighted by atomic mass is 16.5. The molecule has 0 aliphatic carbocycles. The van der Waals surface area contributed by atoms with E-state index < -0.39 is 0 Å². The van der Waals surface area contributed by atoms with E-state index in [-0.39, 0.29) is 11.4 Å². The molecule has 0 heterocycles. The number of hydrogen-bond acceptors (Lipinski definition) is 2. The number of Topliss-reactive ketones (excluding diaryl/α,β-unsaturated/α-hetero) is 1. The van der Waals surface area contributed by atoms with Gasteiger partial charge < -0.3 is 4.74 Å². The fraction of sp³-hybridized carbons (Fsp3) is 0.400. The van der Waals surface area contributed by atoms with Crippen LogP contribution in [0.25, 0.3) is 0 Å². The molecule has 17 heavy (non-hydrogen) atoms. The number of hydrogen-bond donors (Lipinski definition) is 0. The van der Waals surface area contributed by atoms with Gasteiger partial charge in [-0.05, 0) is 51.5 Å². The van der Waals surface area contributed by atoms with Gasteiger partial charge in [0.25, 0.3) is 0 Å². The lowest BCUT2D eigenvalue weighted by molar-refractivity contribution is 0.0983. The summed E-state index contributed by atoms with van der Waals surface area (Å²) in [6.07, 6.45) is 3.00. The second-order valence-electron chi connectivity index (χ2n) is 4.99. The van der Waals surface area contributed by atoms with Gasteiger partial charge in [0.15, 0.2) is 5.78 Å². The van der Waals surface area contributed by atoms with E-state index in [1.807, 2.05) is 45.0 Å². The first-order chi connectivity index (χ1) is 7.92. The molecular formula is C15H20O2. The summed E-state index contributed by atoms with van der Waals surface area (Å²) in [5.74, 6) is 0.935. The van der Waals surface area contributed by atoms with Crippen molar-refractivity contribution in [3.05, 3.63) is 42.5 Å². The van der Waals surface area contributed by atoms with Gasteiger partial charge in [-0.2, -0.15) is 0 Å². The zero-order valence-electron chi connectivity index (χ0n) is 10.8. The molecule has 0 unspecified atom stereocenters. The zero-order chi connectivity index (χ0) is 12.9. The van der Waals surface area contributed by atoms with Crippen LogP contribution in [-0.2, 0) is 0 Å². The molecule has 0 N–H and O–H groups in total. The van der Waals surface area contributed by atoms with E-state index in [1.54, 1.807) is 6.08 Å². The van der Waals surface area contributed by atoms with Crippen molar-refractivity contribution in [3.63, 3.8) is 0 Å². The molecule has 0 aromatic heterocycles. The Morgan fingerprint density at radius 1 is 1.29 bits per heavy atom. The summed E-state index contributed by atoms with van der Waals surface area (Å²) >= 11 is 0. The maximum absolute atomic E-state index is 11.7. The smallest absolute Gasteiger partial charge is 0.163 e. The molecule has 92 valence electrons. The van der Waals surface area contributed by atoms with E-state index in [2.05, 4.69) is 6.58 Å². The SMILES string of the molecule is C=CCCC(=O)c1ccc(OC(C)(C)C)cc1. The van der Waals surface area contributed by atoms with Crippen LogP contribution in [0.2, 0.25) is 0 Å². The molecule has 0 saturated carbocycles. The van der Waals surface area contributed by atoms with Crippen LogP contribution in [0.1, 0.15) is 44.0 Å². The second kappa shape index (κ2) is 5.67. The van der Waals surface area contributed by atoms with Crippen molar-refractivity contribution in [3.8, 4) is 5.75 Å².